The van der Waals surface area contributed by atoms with Gasteiger partial charge in [-0.2, -0.15) is 8.62 Å². The molecule has 0 bridgehead atoms. The van der Waals surface area contributed by atoms with Gasteiger partial charge >= 0.3 is 29.4 Å². The third kappa shape index (κ3) is 10.5. The van der Waals surface area contributed by atoms with Crippen LogP contribution in [0.25, 0.3) is 0 Å². The first-order valence-corrected chi connectivity index (χ1v) is 10.2. The van der Waals surface area contributed by atoms with Crippen molar-refractivity contribution in [2.75, 3.05) is 6.54 Å². The molecule has 2 unspecified atom stereocenters. The number of nitrogens with one attached hydrogen (secondary N) is 1. The molecule has 0 heterocycles. The van der Waals surface area contributed by atoms with E-state index in [0.717, 1.165) is 0 Å². The van der Waals surface area contributed by atoms with Crippen LogP contribution >= 0.6 is 23.4 Å². The second kappa shape index (κ2) is 8.62. The minimum absolute atomic E-state index is 0.143. The Morgan fingerprint density at radius 3 is 2.05 bits per heavy atom. The molecule has 16 heteroatoms. The molecule has 13 nitrogen and oxygen atoms in total. The van der Waals surface area contributed by atoms with Crippen molar-refractivity contribution in [3.8, 4) is 0 Å². The van der Waals surface area contributed by atoms with Gasteiger partial charge in [0.05, 0.1) is 0 Å². The lowest BCUT2D eigenvalue weighted by atomic mass is 10.1. The van der Waals surface area contributed by atoms with E-state index >= 15 is 0 Å². The Labute approximate surface area is 124 Å². The maximum absolute atomic E-state index is 11.5. The van der Waals surface area contributed by atoms with Crippen LogP contribution in [0.3, 0.4) is 0 Å². The van der Waals surface area contributed by atoms with Crippen LogP contribution in [-0.4, -0.2) is 43.2 Å². The minimum atomic E-state index is -5.61. The topological polar surface area (TPSA) is 226 Å². The molecular formula is C6H17N2O11P3. The summed E-state index contributed by atoms with van der Waals surface area (Å²) in [7, 11) is -16.3. The van der Waals surface area contributed by atoms with Crippen molar-refractivity contribution in [1.82, 2.24) is 5.09 Å². The fraction of sp³-hybridized carbons (Fsp3) is 0.833. The second-order valence-electron chi connectivity index (χ2n) is 3.95. The summed E-state index contributed by atoms with van der Waals surface area (Å²) < 4.78 is 40.1. The van der Waals surface area contributed by atoms with Gasteiger partial charge in [-0.05, 0) is 19.4 Å². The van der Waals surface area contributed by atoms with Crippen LogP contribution in [0.1, 0.15) is 19.3 Å². The Morgan fingerprint density at radius 2 is 1.64 bits per heavy atom. The van der Waals surface area contributed by atoms with Crippen molar-refractivity contribution in [2.24, 2.45) is 5.73 Å². The van der Waals surface area contributed by atoms with Gasteiger partial charge in [0.15, 0.2) is 0 Å². The zero-order chi connectivity index (χ0) is 17.6. The molecule has 0 saturated heterocycles. The summed E-state index contributed by atoms with van der Waals surface area (Å²) in [5.41, 5.74) is 5.20. The van der Waals surface area contributed by atoms with E-state index in [1.807, 2.05) is 0 Å². The summed E-state index contributed by atoms with van der Waals surface area (Å²) in [6.45, 7) is 0.265. The lowest BCUT2D eigenvalue weighted by molar-refractivity contribution is -0.139. The molecule has 8 N–H and O–H groups in total. The summed E-state index contributed by atoms with van der Waals surface area (Å²) in [6, 6.07) is -1.61. The van der Waals surface area contributed by atoms with Crippen LogP contribution in [0.4, 0.5) is 0 Å². The van der Waals surface area contributed by atoms with E-state index in [1.54, 1.807) is 5.09 Å². The van der Waals surface area contributed by atoms with Crippen molar-refractivity contribution in [3.05, 3.63) is 0 Å². The van der Waals surface area contributed by atoms with Gasteiger partial charge in [0, 0.05) is 0 Å². The number of hydrogen-bond acceptors (Lipinski definition) is 7. The number of unbranched alkanes of at least 4 members (excludes halogenated alkanes) is 1. The number of hydrogen-bond donors (Lipinski definition) is 7. The molecule has 3 atom stereocenters. The van der Waals surface area contributed by atoms with E-state index in [9.17, 15) is 23.4 Å². The number of aliphatic carboxylic acids is 1. The van der Waals surface area contributed by atoms with Gasteiger partial charge in [-0.3, -0.25) is 4.79 Å². The van der Waals surface area contributed by atoms with E-state index in [1.165, 1.54) is 0 Å². The zero-order valence-electron chi connectivity index (χ0n) is 11.0. The number of carbonyl (C=O) groups is 1. The summed E-state index contributed by atoms with van der Waals surface area (Å²) >= 11 is 0. The molecule has 0 saturated carbocycles. The average Bonchev–Trinajstić information content (AvgIpc) is 2.22. The highest BCUT2D eigenvalue weighted by Gasteiger charge is 2.41. The first kappa shape index (κ1) is 21.8. The van der Waals surface area contributed by atoms with Crippen LogP contribution < -0.4 is 10.8 Å². The number of carboxylic acids is 1. The van der Waals surface area contributed by atoms with Gasteiger partial charge in [0.25, 0.3) is 0 Å². The van der Waals surface area contributed by atoms with Gasteiger partial charge in [0.1, 0.15) is 6.04 Å². The zero-order valence-corrected chi connectivity index (χ0v) is 13.7. The lowest BCUT2D eigenvalue weighted by Crippen LogP contribution is -2.34. The standard InChI is InChI=1S/C6H17N2O11P3/c7-4-2-1-3-5(6(9)10)8-20(11,12)18-22(16,17)19-21(13,14)15/h5H,1-4,7H2,(H,9,10)(H,16,17)(H2,8,11,12)(H2,13,14,15)/t5-/m0/s1. The molecule has 0 rings (SSSR count). The number of rotatable bonds is 11. The molecule has 0 fully saturated rings. The Bertz CT molecular complexity index is 518. The molecule has 22 heavy (non-hydrogen) atoms. The van der Waals surface area contributed by atoms with Gasteiger partial charge in [0.2, 0.25) is 0 Å². The molecule has 0 aromatic rings. The van der Waals surface area contributed by atoms with E-state index in [4.69, 9.17) is 25.5 Å². The van der Waals surface area contributed by atoms with Gasteiger partial charge in [-0.1, -0.05) is 6.42 Å². The summed E-state index contributed by atoms with van der Waals surface area (Å²) in [5.74, 6) is -1.54. The molecule has 0 radical (unpaired) electrons. The number of phosphoric acid groups is 2. The van der Waals surface area contributed by atoms with E-state index in [-0.39, 0.29) is 19.4 Å². The Hall–Kier alpha value is -0.160. The van der Waals surface area contributed by atoms with E-state index in [2.05, 4.69) is 8.62 Å². The lowest BCUT2D eigenvalue weighted by Gasteiger charge is -2.20. The predicted molar refractivity (Wildman–Crippen MR) is 71.3 cm³/mol. The van der Waals surface area contributed by atoms with Crippen LogP contribution in [0.5, 0.6) is 0 Å². The molecular weight excluding hydrogens is 369 g/mol. The Morgan fingerprint density at radius 1 is 1.09 bits per heavy atom. The second-order valence-corrected chi connectivity index (χ2v) is 8.47. The molecule has 0 spiro atoms. The van der Waals surface area contributed by atoms with Crippen molar-refractivity contribution < 1.29 is 51.8 Å². The third-order valence-electron chi connectivity index (χ3n) is 1.99. The van der Waals surface area contributed by atoms with Crippen molar-refractivity contribution in [1.29, 1.82) is 0 Å². The highest BCUT2D eigenvalue weighted by atomic mass is 31.3. The molecule has 0 amide bonds. The summed E-state index contributed by atoms with van der Waals surface area (Å²) in [5, 5.41) is 10.4. The van der Waals surface area contributed by atoms with E-state index < -0.39 is 35.4 Å². The predicted octanol–water partition coefficient (Wildman–Crippen LogP) is -0.515. The average molecular weight is 386 g/mol. The van der Waals surface area contributed by atoms with Crippen molar-refractivity contribution in [2.45, 2.75) is 25.3 Å². The monoisotopic (exact) mass is 386 g/mol. The van der Waals surface area contributed by atoms with Crippen molar-refractivity contribution in [3.63, 3.8) is 0 Å². The minimum Gasteiger partial charge on any atom is -0.480 e. The normalized spacial score (nSPS) is 19.1. The molecule has 0 aliphatic heterocycles. The van der Waals surface area contributed by atoms with Gasteiger partial charge < -0.3 is 30.4 Å². The SMILES string of the molecule is NCCCC[C@H](NP(=O)(O)OP(=O)(O)OP(=O)(O)O)C(=O)O. The van der Waals surface area contributed by atoms with E-state index in [0.29, 0.717) is 6.42 Å². The summed E-state index contributed by atoms with van der Waals surface area (Å²) in [4.78, 5) is 45.8. The smallest absolute Gasteiger partial charge is 0.480 e. The van der Waals surface area contributed by atoms with Crippen LogP contribution in [0, 0.1) is 0 Å². The molecule has 0 aliphatic carbocycles. The quantitative estimate of drug-likeness (QED) is 0.175. The number of carboxylic acid groups (broad SMARTS) is 1. The van der Waals surface area contributed by atoms with Crippen LogP contribution in [0.15, 0.2) is 0 Å². The maximum Gasteiger partial charge on any atom is 0.489 e. The largest absolute Gasteiger partial charge is 0.489 e. The number of nitrogens with two attached hydrogens (primary N) is 1. The highest BCUT2D eigenvalue weighted by Crippen LogP contribution is 2.64. The fourth-order valence-corrected chi connectivity index (χ4v) is 4.65. The summed E-state index contributed by atoms with van der Waals surface area (Å²) in [6.07, 6.45) is 0.563. The van der Waals surface area contributed by atoms with Crippen molar-refractivity contribution >= 4 is 29.4 Å². The van der Waals surface area contributed by atoms with Crippen LogP contribution in [0.2, 0.25) is 0 Å². The first-order valence-electron chi connectivity index (χ1n) is 5.62. The highest BCUT2D eigenvalue weighted by molar-refractivity contribution is 7.67. The molecule has 0 aromatic carbocycles. The first-order chi connectivity index (χ1) is 9.78. The van der Waals surface area contributed by atoms with Gasteiger partial charge in [-0.15, -0.1) is 0 Å². The third-order valence-corrected chi connectivity index (χ3v) is 6.01. The Kier molecular flexibility index (Phi) is 8.56. The molecule has 0 aliphatic rings. The molecule has 132 valence electrons. The Balaban J connectivity index is 4.84. The maximum atomic E-state index is 11.5. The fourth-order valence-electron chi connectivity index (χ4n) is 1.25. The molecule has 0 aromatic heterocycles. The van der Waals surface area contributed by atoms with Crippen LogP contribution in [-0.2, 0) is 27.1 Å². The van der Waals surface area contributed by atoms with Gasteiger partial charge in [-0.25, -0.2) is 18.8 Å².